The van der Waals surface area contributed by atoms with Gasteiger partial charge >= 0.3 is 0 Å². The third kappa shape index (κ3) is 8.12. The third-order valence-corrected chi connectivity index (χ3v) is 7.66. The average Bonchev–Trinajstić information content (AvgIpc) is 3.42. The van der Waals surface area contributed by atoms with E-state index in [1.165, 1.54) is 18.6 Å². The summed E-state index contributed by atoms with van der Waals surface area (Å²) in [5.41, 5.74) is 2.42. The summed E-state index contributed by atoms with van der Waals surface area (Å²) in [6.07, 6.45) is 7.25. The summed E-state index contributed by atoms with van der Waals surface area (Å²) in [6, 6.07) is 15.7. The van der Waals surface area contributed by atoms with Crippen LogP contribution in [0, 0.1) is 11.7 Å². The normalized spacial score (nSPS) is 13.7. The first-order valence-corrected chi connectivity index (χ1v) is 14.5. The van der Waals surface area contributed by atoms with E-state index < -0.39 is 0 Å². The lowest BCUT2D eigenvalue weighted by Gasteiger charge is -2.36. The van der Waals surface area contributed by atoms with E-state index >= 15 is 0 Å². The molecule has 0 unspecified atom stereocenters. The SMILES string of the molecule is COc1cc(OC)cc(C(=O)N(CC(=O)N(Cc2cccn2Cc2ccc(F)cc2)C2CCCCC2)CC(C)C)c1. The molecule has 0 N–H and O–H groups in total. The number of halogens is 1. The van der Waals surface area contributed by atoms with Crippen molar-refractivity contribution in [3.05, 3.63) is 83.4 Å². The van der Waals surface area contributed by atoms with Gasteiger partial charge in [0, 0.05) is 42.7 Å². The van der Waals surface area contributed by atoms with Crippen LogP contribution in [0.5, 0.6) is 11.5 Å². The molecule has 1 saturated carbocycles. The standard InChI is InChI=1S/C33H42FN3O4/c1-24(2)20-36(33(39)26-17-30(40-3)19-31(18-26)41-4)23-32(38)37(28-9-6-5-7-10-28)22-29-11-8-16-35(29)21-25-12-14-27(34)15-13-25/h8,11-19,24,28H,5-7,9-10,20-23H2,1-4H3. The Labute approximate surface area is 242 Å². The quantitative estimate of drug-likeness (QED) is 0.265. The topological polar surface area (TPSA) is 64.0 Å². The number of amides is 2. The predicted molar refractivity (Wildman–Crippen MR) is 158 cm³/mol. The molecule has 7 nitrogen and oxygen atoms in total. The van der Waals surface area contributed by atoms with Crippen LogP contribution in [0.15, 0.2) is 60.8 Å². The van der Waals surface area contributed by atoms with Crippen LogP contribution in [-0.4, -0.2) is 59.5 Å². The van der Waals surface area contributed by atoms with Crippen molar-refractivity contribution in [2.75, 3.05) is 27.3 Å². The van der Waals surface area contributed by atoms with Gasteiger partial charge in [-0.1, -0.05) is 45.2 Å². The van der Waals surface area contributed by atoms with Crippen molar-refractivity contribution in [1.29, 1.82) is 0 Å². The van der Waals surface area contributed by atoms with Gasteiger partial charge in [0.05, 0.1) is 20.8 Å². The van der Waals surface area contributed by atoms with Crippen LogP contribution in [0.1, 0.15) is 67.6 Å². The fourth-order valence-electron chi connectivity index (χ4n) is 5.55. The summed E-state index contributed by atoms with van der Waals surface area (Å²) < 4.78 is 26.3. The third-order valence-electron chi connectivity index (χ3n) is 7.66. The second-order valence-electron chi connectivity index (χ2n) is 11.2. The van der Waals surface area contributed by atoms with Crippen LogP contribution in [-0.2, 0) is 17.9 Å². The van der Waals surface area contributed by atoms with Gasteiger partial charge in [0.2, 0.25) is 5.91 Å². The van der Waals surface area contributed by atoms with Crippen molar-refractivity contribution in [3.63, 3.8) is 0 Å². The Morgan fingerprint density at radius 1 is 0.976 bits per heavy atom. The van der Waals surface area contributed by atoms with Gasteiger partial charge in [-0.15, -0.1) is 0 Å². The van der Waals surface area contributed by atoms with Gasteiger partial charge in [0.15, 0.2) is 0 Å². The zero-order chi connectivity index (χ0) is 29.4. The molecule has 0 spiro atoms. The summed E-state index contributed by atoms with van der Waals surface area (Å²) in [5.74, 6) is 0.671. The van der Waals surface area contributed by atoms with Crippen LogP contribution < -0.4 is 9.47 Å². The van der Waals surface area contributed by atoms with E-state index in [0.29, 0.717) is 36.7 Å². The number of carbonyl (C=O) groups is 2. The predicted octanol–water partition coefficient (Wildman–Crippen LogP) is 6.15. The minimum Gasteiger partial charge on any atom is -0.497 e. The largest absolute Gasteiger partial charge is 0.497 e. The number of carbonyl (C=O) groups excluding carboxylic acids is 2. The summed E-state index contributed by atoms with van der Waals surface area (Å²) in [5, 5.41) is 0. The maximum Gasteiger partial charge on any atom is 0.254 e. The Morgan fingerprint density at radius 3 is 2.24 bits per heavy atom. The molecular formula is C33H42FN3O4. The molecule has 0 saturated heterocycles. The molecule has 1 aromatic heterocycles. The molecule has 220 valence electrons. The summed E-state index contributed by atoms with van der Waals surface area (Å²) >= 11 is 0. The maximum atomic E-state index is 14.1. The van der Waals surface area contributed by atoms with Crippen molar-refractivity contribution in [2.45, 2.75) is 65.1 Å². The van der Waals surface area contributed by atoms with Crippen LogP contribution in [0.25, 0.3) is 0 Å². The first kappa shape index (κ1) is 30.2. The molecule has 0 aliphatic heterocycles. The van der Waals surface area contributed by atoms with Gasteiger partial charge in [-0.2, -0.15) is 0 Å². The number of aromatic nitrogens is 1. The number of hydrogen-bond donors (Lipinski definition) is 0. The van der Waals surface area contributed by atoms with Crippen LogP contribution >= 0.6 is 0 Å². The number of nitrogens with zero attached hydrogens (tertiary/aromatic N) is 3. The molecule has 8 heteroatoms. The van der Waals surface area contributed by atoms with Crippen LogP contribution in [0.2, 0.25) is 0 Å². The molecule has 2 aromatic carbocycles. The molecule has 3 aromatic rings. The molecule has 1 fully saturated rings. The number of rotatable bonds is 12. The fourth-order valence-corrected chi connectivity index (χ4v) is 5.55. The Kier molecular flexibility index (Phi) is 10.4. The van der Waals surface area contributed by atoms with E-state index in [0.717, 1.165) is 36.9 Å². The molecule has 0 radical (unpaired) electrons. The molecule has 41 heavy (non-hydrogen) atoms. The van der Waals surface area contributed by atoms with Gasteiger partial charge in [-0.25, -0.2) is 4.39 Å². The van der Waals surface area contributed by atoms with E-state index in [2.05, 4.69) is 4.57 Å². The summed E-state index contributed by atoms with van der Waals surface area (Å²) in [7, 11) is 3.10. The van der Waals surface area contributed by atoms with Crippen LogP contribution in [0.3, 0.4) is 0 Å². The Hall–Kier alpha value is -3.81. The minimum atomic E-state index is -0.261. The highest BCUT2D eigenvalue weighted by Crippen LogP contribution is 2.27. The van der Waals surface area contributed by atoms with Crippen molar-refractivity contribution in [1.82, 2.24) is 14.4 Å². The van der Waals surface area contributed by atoms with Gasteiger partial charge in [0.1, 0.15) is 23.9 Å². The van der Waals surface area contributed by atoms with Crippen molar-refractivity contribution in [2.24, 2.45) is 5.92 Å². The van der Waals surface area contributed by atoms with Gasteiger partial charge in [-0.05, 0) is 60.7 Å². The van der Waals surface area contributed by atoms with Crippen molar-refractivity contribution in [3.8, 4) is 11.5 Å². The van der Waals surface area contributed by atoms with E-state index in [1.54, 1.807) is 49.5 Å². The molecule has 1 aliphatic carbocycles. The Balaban J connectivity index is 1.58. The first-order valence-electron chi connectivity index (χ1n) is 14.5. The fraction of sp³-hybridized carbons (Fsp3) is 0.455. The van der Waals surface area contributed by atoms with E-state index in [9.17, 15) is 14.0 Å². The lowest BCUT2D eigenvalue weighted by Crippen LogP contribution is -2.48. The molecule has 1 aliphatic rings. The smallest absolute Gasteiger partial charge is 0.254 e. The van der Waals surface area contributed by atoms with Gasteiger partial charge in [-0.3, -0.25) is 9.59 Å². The summed E-state index contributed by atoms with van der Waals surface area (Å²) in [6.45, 7) is 5.56. The highest BCUT2D eigenvalue weighted by Gasteiger charge is 2.29. The first-order chi connectivity index (χ1) is 19.8. The van der Waals surface area contributed by atoms with E-state index in [1.807, 2.05) is 37.1 Å². The van der Waals surface area contributed by atoms with Gasteiger partial charge < -0.3 is 23.8 Å². The average molecular weight is 564 g/mol. The molecule has 0 atom stereocenters. The highest BCUT2D eigenvalue weighted by atomic mass is 19.1. The number of benzene rings is 2. The zero-order valence-corrected chi connectivity index (χ0v) is 24.6. The molecule has 2 amide bonds. The second-order valence-corrected chi connectivity index (χ2v) is 11.2. The van der Waals surface area contributed by atoms with Crippen molar-refractivity contribution < 1.29 is 23.5 Å². The monoisotopic (exact) mass is 563 g/mol. The maximum absolute atomic E-state index is 14.1. The van der Waals surface area contributed by atoms with E-state index in [4.69, 9.17) is 9.47 Å². The lowest BCUT2D eigenvalue weighted by atomic mass is 9.94. The Morgan fingerprint density at radius 2 is 1.63 bits per heavy atom. The lowest BCUT2D eigenvalue weighted by molar-refractivity contribution is -0.135. The molecule has 1 heterocycles. The minimum absolute atomic E-state index is 0.00822. The second kappa shape index (κ2) is 14.2. The van der Waals surface area contributed by atoms with Crippen LogP contribution in [0.4, 0.5) is 4.39 Å². The molecule has 4 rings (SSSR count). The number of methoxy groups -OCH3 is 2. The van der Waals surface area contributed by atoms with Gasteiger partial charge in [0.25, 0.3) is 5.91 Å². The molecule has 0 bridgehead atoms. The number of ether oxygens (including phenoxy) is 2. The van der Waals surface area contributed by atoms with E-state index in [-0.39, 0.29) is 36.1 Å². The number of hydrogen-bond acceptors (Lipinski definition) is 4. The van der Waals surface area contributed by atoms with Crippen molar-refractivity contribution >= 4 is 11.8 Å². The Bertz CT molecular complexity index is 1280. The zero-order valence-electron chi connectivity index (χ0n) is 24.6. The molecular weight excluding hydrogens is 521 g/mol. The summed E-state index contributed by atoms with van der Waals surface area (Å²) in [4.78, 5) is 31.5. The highest BCUT2D eigenvalue weighted by molar-refractivity contribution is 5.97.